The Hall–Kier alpha value is -1.41. The average molecular weight is 364 g/mol. The van der Waals surface area contributed by atoms with Gasteiger partial charge >= 0.3 is 0 Å². The summed E-state index contributed by atoms with van der Waals surface area (Å²) in [4.78, 5) is 20.1. The van der Waals surface area contributed by atoms with Crippen LogP contribution in [0.3, 0.4) is 0 Å². The van der Waals surface area contributed by atoms with Gasteiger partial charge in [0, 0.05) is 29.9 Å². The van der Waals surface area contributed by atoms with Gasteiger partial charge in [-0.25, -0.2) is 4.98 Å². The van der Waals surface area contributed by atoms with Gasteiger partial charge in [-0.3, -0.25) is 9.69 Å². The van der Waals surface area contributed by atoms with E-state index in [1.807, 2.05) is 23.6 Å². The number of carbonyl (C=O) groups excluding carboxylic acids is 1. The molecular formula is C17H21N3O2S2. The molecule has 5 nitrogen and oxygen atoms in total. The zero-order chi connectivity index (χ0) is 16.8. The highest BCUT2D eigenvalue weighted by Crippen LogP contribution is 2.22. The molecule has 7 heteroatoms. The van der Waals surface area contributed by atoms with Crippen molar-refractivity contribution < 1.29 is 9.53 Å². The van der Waals surface area contributed by atoms with Crippen LogP contribution < -0.4 is 5.32 Å². The van der Waals surface area contributed by atoms with Crippen LogP contribution in [0.1, 0.15) is 11.3 Å². The molecular weight excluding hydrogens is 342 g/mol. The second kappa shape index (κ2) is 8.62. The summed E-state index contributed by atoms with van der Waals surface area (Å²) in [6, 6.07) is 8.09. The molecule has 1 aliphatic rings. The molecule has 0 atom stereocenters. The molecule has 24 heavy (non-hydrogen) atoms. The van der Waals surface area contributed by atoms with Crippen LogP contribution in [-0.2, 0) is 16.1 Å². The first kappa shape index (κ1) is 17.4. The number of aromatic nitrogens is 1. The molecule has 0 spiro atoms. The maximum atomic E-state index is 12.1. The van der Waals surface area contributed by atoms with Crippen molar-refractivity contribution in [2.45, 2.75) is 18.4 Å². The Morgan fingerprint density at radius 1 is 1.38 bits per heavy atom. The summed E-state index contributed by atoms with van der Waals surface area (Å²) in [5, 5.41) is 5.58. The van der Waals surface area contributed by atoms with E-state index in [2.05, 4.69) is 28.2 Å². The molecule has 128 valence electrons. The predicted molar refractivity (Wildman–Crippen MR) is 98.7 cm³/mol. The Morgan fingerprint density at radius 3 is 2.96 bits per heavy atom. The fourth-order valence-electron chi connectivity index (χ4n) is 2.44. The Bertz CT molecular complexity index is 684. The summed E-state index contributed by atoms with van der Waals surface area (Å²) >= 11 is 3.03. The van der Waals surface area contributed by atoms with Gasteiger partial charge in [0.05, 0.1) is 24.7 Å². The number of nitrogens with zero attached hydrogens (tertiary/aromatic N) is 2. The first-order valence-electron chi connectivity index (χ1n) is 7.93. The molecule has 0 unspecified atom stereocenters. The van der Waals surface area contributed by atoms with Crippen LogP contribution in [-0.4, -0.2) is 47.8 Å². The third kappa shape index (κ3) is 5.04. The standard InChI is InChI=1S/C17H21N3O2S2/c1-13-4-2-3-5-15(13)23-12-16(21)19-17-18-14(11-24-17)10-20-6-8-22-9-7-20/h2-5,11H,6-10,12H2,1H3,(H,18,19,21). The number of thiazole rings is 1. The maximum absolute atomic E-state index is 12.1. The summed E-state index contributed by atoms with van der Waals surface area (Å²) in [7, 11) is 0. The largest absolute Gasteiger partial charge is 0.379 e. The number of thioether (sulfide) groups is 1. The number of aryl methyl sites for hydroxylation is 1. The molecule has 1 fully saturated rings. The summed E-state index contributed by atoms with van der Waals surface area (Å²) < 4.78 is 5.35. The summed E-state index contributed by atoms with van der Waals surface area (Å²) in [5.41, 5.74) is 2.20. The van der Waals surface area contributed by atoms with Gasteiger partial charge in [0.25, 0.3) is 0 Å². The second-order valence-electron chi connectivity index (χ2n) is 5.63. The van der Waals surface area contributed by atoms with Gasteiger partial charge in [0.15, 0.2) is 5.13 Å². The Labute approximate surface area is 150 Å². The van der Waals surface area contributed by atoms with Crippen molar-refractivity contribution in [3.8, 4) is 0 Å². The monoisotopic (exact) mass is 363 g/mol. The van der Waals surface area contributed by atoms with Gasteiger partial charge in [-0.1, -0.05) is 18.2 Å². The number of benzene rings is 1. The summed E-state index contributed by atoms with van der Waals surface area (Å²) in [6.07, 6.45) is 0. The number of rotatable bonds is 6. The van der Waals surface area contributed by atoms with E-state index < -0.39 is 0 Å². The third-order valence-electron chi connectivity index (χ3n) is 3.74. The zero-order valence-corrected chi connectivity index (χ0v) is 15.3. The molecule has 1 aromatic heterocycles. The fourth-order valence-corrected chi connectivity index (χ4v) is 3.99. The van der Waals surface area contributed by atoms with E-state index in [0.29, 0.717) is 10.9 Å². The van der Waals surface area contributed by atoms with Gasteiger partial charge in [-0.15, -0.1) is 23.1 Å². The number of nitrogens with one attached hydrogen (secondary N) is 1. The van der Waals surface area contributed by atoms with Crippen LogP contribution in [0.25, 0.3) is 0 Å². The predicted octanol–water partition coefficient (Wildman–Crippen LogP) is 3.01. The molecule has 1 saturated heterocycles. The van der Waals surface area contributed by atoms with Crippen LogP contribution in [0.5, 0.6) is 0 Å². The van der Waals surface area contributed by atoms with E-state index in [9.17, 15) is 4.79 Å². The van der Waals surface area contributed by atoms with E-state index in [1.54, 1.807) is 11.8 Å². The SMILES string of the molecule is Cc1ccccc1SCC(=O)Nc1nc(CN2CCOCC2)cs1. The van der Waals surface area contributed by atoms with Gasteiger partial charge in [0.2, 0.25) is 5.91 Å². The molecule has 0 saturated carbocycles. The van der Waals surface area contributed by atoms with Gasteiger partial charge in [-0.2, -0.15) is 0 Å². The highest BCUT2D eigenvalue weighted by atomic mass is 32.2. The van der Waals surface area contributed by atoms with Crippen molar-refractivity contribution in [1.82, 2.24) is 9.88 Å². The third-order valence-corrected chi connectivity index (χ3v) is 5.72. The average Bonchev–Trinajstić information content (AvgIpc) is 3.02. The smallest absolute Gasteiger partial charge is 0.236 e. The van der Waals surface area contributed by atoms with Crippen LogP contribution in [0.4, 0.5) is 5.13 Å². The van der Waals surface area contributed by atoms with Crippen LogP contribution >= 0.6 is 23.1 Å². The number of morpholine rings is 1. The Kier molecular flexibility index (Phi) is 6.25. The second-order valence-corrected chi connectivity index (χ2v) is 7.51. The number of carbonyl (C=O) groups is 1. The molecule has 0 bridgehead atoms. The molecule has 0 aliphatic carbocycles. The van der Waals surface area contributed by atoms with E-state index in [0.717, 1.165) is 43.4 Å². The zero-order valence-electron chi connectivity index (χ0n) is 13.7. The molecule has 1 aliphatic heterocycles. The number of amides is 1. The lowest BCUT2D eigenvalue weighted by Gasteiger charge is -2.25. The lowest BCUT2D eigenvalue weighted by atomic mass is 10.2. The van der Waals surface area contributed by atoms with Crippen LogP contribution in [0.15, 0.2) is 34.5 Å². The Balaban J connectivity index is 1.47. The maximum Gasteiger partial charge on any atom is 0.236 e. The van der Waals surface area contributed by atoms with Crippen molar-refractivity contribution >= 4 is 34.1 Å². The fraction of sp³-hybridized carbons (Fsp3) is 0.412. The molecule has 2 heterocycles. The van der Waals surface area contributed by atoms with Crippen LogP contribution in [0.2, 0.25) is 0 Å². The van der Waals surface area contributed by atoms with Crippen molar-refractivity contribution in [2.24, 2.45) is 0 Å². The summed E-state index contributed by atoms with van der Waals surface area (Å²) in [6.45, 7) is 6.30. The van der Waals surface area contributed by atoms with Crippen LogP contribution in [0, 0.1) is 6.92 Å². The molecule has 2 aromatic rings. The lowest BCUT2D eigenvalue weighted by molar-refractivity contribution is -0.113. The minimum atomic E-state index is -0.0180. The number of ether oxygens (including phenoxy) is 1. The highest BCUT2D eigenvalue weighted by Gasteiger charge is 2.13. The number of hydrogen-bond acceptors (Lipinski definition) is 6. The molecule has 1 aromatic carbocycles. The van der Waals surface area contributed by atoms with Crippen molar-refractivity contribution in [3.63, 3.8) is 0 Å². The van der Waals surface area contributed by atoms with Gasteiger partial charge in [0.1, 0.15) is 0 Å². The van der Waals surface area contributed by atoms with E-state index in [-0.39, 0.29) is 5.91 Å². The topological polar surface area (TPSA) is 54.5 Å². The minimum absolute atomic E-state index is 0.0180. The molecule has 1 amide bonds. The van der Waals surface area contributed by atoms with E-state index >= 15 is 0 Å². The van der Waals surface area contributed by atoms with Crippen molar-refractivity contribution in [2.75, 3.05) is 37.4 Å². The lowest BCUT2D eigenvalue weighted by Crippen LogP contribution is -2.35. The first-order valence-corrected chi connectivity index (χ1v) is 9.80. The van der Waals surface area contributed by atoms with Gasteiger partial charge < -0.3 is 10.1 Å². The number of hydrogen-bond donors (Lipinski definition) is 1. The van der Waals surface area contributed by atoms with Crippen molar-refractivity contribution in [3.05, 3.63) is 40.9 Å². The normalized spacial score (nSPS) is 15.4. The molecule has 1 N–H and O–H groups in total. The van der Waals surface area contributed by atoms with E-state index in [1.165, 1.54) is 16.9 Å². The number of anilines is 1. The molecule has 0 radical (unpaired) electrons. The molecule has 3 rings (SSSR count). The highest BCUT2D eigenvalue weighted by molar-refractivity contribution is 8.00. The first-order chi connectivity index (χ1) is 11.7. The van der Waals surface area contributed by atoms with Crippen molar-refractivity contribution in [1.29, 1.82) is 0 Å². The Morgan fingerprint density at radius 2 is 2.17 bits per heavy atom. The van der Waals surface area contributed by atoms with Gasteiger partial charge in [-0.05, 0) is 18.6 Å². The summed E-state index contributed by atoms with van der Waals surface area (Å²) in [5.74, 6) is 0.374. The minimum Gasteiger partial charge on any atom is -0.379 e. The quantitative estimate of drug-likeness (QED) is 0.800. The van der Waals surface area contributed by atoms with E-state index in [4.69, 9.17) is 4.74 Å².